The number of fused-ring (bicyclic) bond motifs is 3. The zero-order valence-electron chi connectivity index (χ0n) is 12.9. The summed E-state index contributed by atoms with van der Waals surface area (Å²) >= 11 is 0. The van der Waals surface area contributed by atoms with Crippen molar-refractivity contribution in [2.45, 2.75) is 18.5 Å². The Morgan fingerprint density at radius 2 is 2.09 bits per heavy atom. The highest BCUT2D eigenvalue weighted by molar-refractivity contribution is 5.97. The van der Waals surface area contributed by atoms with Crippen LogP contribution >= 0.6 is 0 Å². The maximum absolute atomic E-state index is 12.8. The lowest BCUT2D eigenvalue weighted by atomic mass is 9.83. The summed E-state index contributed by atoms with van der Waals surface area (Å²) in [5.41, 5.74) is 0.921. The first-order valence-electron chi connectivity index (χ1n) is 7.19. The molecule has 0 bridgehead atoms. The Hall–Kier alpha value is -2.50. The number of carbonyl (C=O) groups excluding carboxylic acids is 2. The van der Waals surface area contributed by atoms with Crippen molar-refractivity contribution in [2.75, 3.05) is 26.0 Å². The predicted molar refractivity (Wildman–Crippen MR) is 82.2 cm³/mol. The maximum atomic E-state index is 12.8. The van der Waals surface area contributed by atoms with Crippen molar-refractivity contribution < 1.29 is 14.3 Å². The van der Waals surface area contributed by atoms with Crippen molar-refractivity contribution in [2.24, 2.45) is 0 Å². The molecule has 0 saturated carbocycles. The summed E-state index contributed by atoms with van der Waals surface area (Å²) in [6, 6.07) is 6.90. The van der Waals surface area contributed by atoms with Gasteiger partial charge in [0.05, 0.1) is 12.3 Å². The lowest BCUT2D eigenvalue weighted by Crippen LogP contribution is -2.64. The van der Waals surface area contributed by atoms with E-state index < -0.39 is 17.6 Å². The van der Waals surface area contributed by atoms with E-state index in [9.17, 15) is 9.59 Å². The van der Waals surface area contributed by atoms with E-state index in [2.05, 4.69) is 11.9 Å². The second kappa shape index (κ2) is 4.76. The predicted octanol–water partition coefficient (Wildman–Crippen LogP) is 1.97. The summed E-state index contributed by atoms with van der Waals surface area (Å²) in [6.45, 7) is 6.02. The number of nitrogens with one attached hydrogen (secondary N) is 1. The smallest absolute Gasteiger partial charge is 0.340 e. The molecule has 0 spiro atoms. The summed E-state index contributed by atoms with van der Waals surface area (Å²) in [5.74, 6) is -0.424. The number of esters is 1. The van der Waals surface area contributed by atoms with Crippen molar-refractivity contribution in [3.8, 4) is 0 Å². The highest BCUT2D eigenvalue weighted by atomic mass is 16.5. The van der Waals surface area contributed by atoms with Crippen LogP contribution in [0.2, 0.25) is 0 Å². The maximum Gasteiger partial charge on any atom is 0.340 e. The number of benzene rings is 1. The van der Waals surface area contributed by atoms with Crippen LogP contribution in [0.5, 0.6) is 0 Å². The van der Waals surface area contributed by atoms with Gasteiger partial charge in [0.1, 0.15) is 6.04 Å². The van der Waals surface area contributed by atoms with E-state index in [1.165, 1.54) is 4.90 Å². The van der Waals surface area contributed by atoms with E-state index >= 15 is 0 Å². The van der Waals surface area contributed by atoms with Gasteiger partial charge in [0.25, 0.3) is 0 Å². The minimum atomic E-state index is -1.18. The van der Waals surface area contributed by atoms with Gasteiger partial charge in [-0.15, -0.1) is 0 Å². The number of rotatable bonds is 2. The van der Waals surface area contributed by atoms with Crippen LogP contribution in [0, 0.1) is 0 Å². The Balaban J connectivity index is 2.21. The van der Waals surface area contributed by atoms with Crippen LogP contribution in [0.25, 0.3) is 0 Å². The van der Waals surface area contributed by atoms with E-state index in [-0.39, 0.29) is 12.6 Å². The van der Waals surface area contributed by atoms with Gasteiger partial charge in [0.15, 0.2) is 0 Å². The van der Waals surface area contributed by atoms with Gasteiger partial charge in [-0.25, -0.2) is 9.59 Å². The molecule has 1 aromatic rings. The molecule has 2 heterocycles. The van der Waals surface area contributed by atoms with Gasteiger partial charge in [0.2, 0.25) is 5.54 Å². The summed E-state index contributed by atoms with van der Waals surface area (Å²) in [7, 11) is 3.30. The number of carbonyl (C=O) groups is 2. The van der Waals surface area contributed by atoms with Crippen LogP contribution in [-0.4, -0.2) is 48.0 Å². The normalized spacial score (nSPS) is 26.4. The Labute approximate surface area is 129 Å². The SMILES string of the molecule is C=C1N(C)C(=O)N(C)C2c3ccccc3NC12C(=O)OCC. The average molecular weight is 301 g/mol. The standard InChI is InChI=1S/C16H19N3O3/c1-5-22-14(20)16-10(2)18(3)15(21)19(4)13(16)11-8-6-7-9-12(11)17-16/h6-9,13,17H,2,5H2,1,3-4H3. The van der Waals surface area contributed by atoms with Crippen molar-refractivity contribution in [1.29, 1.82) is 0 Å². The second-order valence-corrected chi connectivity index (χ2v) is 5.54. The monoisotopic (exact) mass is 301 g/mol. The minimum Gasteiger partial charge on any atom is -0.464 e. The molecule has 1 fully saturated rings. The first-order valence-corrected chi connectivity index (χ1v) is 7.19. The molecule has 1 N–H and O–H groups in total. The molecule has 1 aromatic carbocycles. The Morgan fingerprint density at radius 3 is 2.77 bits per heavy atom. The summed E-state index contributed by atoms with van der Waals surface area (Å²) in [4.78, 5) is 28.1. The van der Waals surface area contributed by atoms with Crippen LogP contribution in [0.15, 0.2) is 36.5 Å². The highest BCUT2D eigenvalue weighted by Gasteiger charge is 2.62. The number of nitrogens with zero attached hydrogens (tertiary/aromatic N) is 2. The first kappa shape index (κ1) is 14.4. The fourth-order valence-electron chi connectivity index (χ4n) is 3.34. The first-order chi connectivity index (χ1) is 10.4. The lowest BCUT2D eigenvalue weighted by molar-refractivity contribution is -0.150. The molecular formula is C16H19N3O3. The number of urea groups is 1. The number of ether oxygens (including phenoxy) is 1. The van der Waals surface area contributed by atoms with Gasteiger partial charge in [-0.3, -0.25) is 4.90 Å². The fraction of sp³-hybridized carbons (Fsp3) is 0.375. The van der Waals surface area contributed by atoms with E-state index in [4.69, 9.17) is 4.74 Å². The number of hydrogen-bond acceptors (Lipinski definition) is 4. The van der Waals surface area contributed by atoms with E-state index in [0.29, 0.717) is 5.70 Å². The number of hydrogen-bond donors (Lipinski definition) is 1. The average Bonchev–Trinajstić information content (AvgIpc) is 2.87. The largest absolute Gasteiger partial charge is 0.464 e. The van der Waals surface area contributed by atoms with Gasteiger partial charge < -0.3 is 15.0 Å². The third-order valence-electron chi connectivity index (χ3n) is 4.43. The molecule has 116 valence electrons. The Morgan fingerprint density at radius 1 is 1.41 bits per heavy atom. The zero-order valence-corrected chi connectivity index (χ0v) is 12.9. The van der Waals surface area contributed by atoms with Gasteiger partial charge in [0, 0.05) is 25.3 Å². The fourth-order valence-corrected chi connectivity index (χ4v) is 3.34. The molecule has 2 atom stereocenters. The van der Waals surface area contributed by atoms with Gasteiger partial charge in [-0.1, -0.05) is 24.8 Å². The lowest BCUT2D eigenvalue weighted by Gasteiger charge is -2.47. The van der Waals surface area contributed by atoms with E-state index in [0.717, 1.165) is 11.3 Å². The van der Waals surface area contributed by atoms with Crippen LogP contribution in [-0.2, 0) is 9.53 Å². The van der Waals surface area contributed by atoms with Crippen LogP contribution < -0.4 is 5.32 Å². The number of para-hydroxylation sites is 1. The molecule has 6 nitrogen and oxygen atoms in total. The van der Waals surface area contributed by atoms with E-state index in [1.807, 2.05) is 24.3 Å². The molecule has 0 aromatic heterocycles. The topological polar surface area (TPSA) is 61.9 Å². The zero-order chi connectivity index (χ0) is 16.1. The molecule has 2 aliphatic heterocycles. The number of anilines is 1. The van der Waals surface area contributed by atoms with Gasteiger partial charge >= 0.3 is 12.0 Å². The van der Waals surface area contributed by atoms with Gasteiger partial charge in [-0.2, -0.15) is 0 Å². The molecule has 3 rings (SSSR count). The van der Waals surface area contributed by atoms with Crippen LogP contribution in [0.1, 0.15) is 18.5 Å². The molecule has 0 aliphatic carbocycles. The van der Waals surface area contributed by atoms with Crippen molar-refractivity contribution in [1.82, 2.24) is 9.80 Å². The molecule has 1 saturated heterocycles. The molecule has 2 aliphatic rings. The second-order valence-electron chi connectivity index (χ2n) is 5.54. The quantitative estimate of drug-likeness (QED) is 0.848. The third kappa shape index (κ3) is 1.60. The Kier molecular flexibility index (Phi) is 3.12. The van der Waals surface area contributed by atoms with Crippen LogP contribution in [0.3, 0.4) is 0 Å². The van der Waals surface area contributed by atoms with Crippen molar-refractivity contribution in [3.05, 3.63) is 42.1 Å². The third-order valence-corrected chi connectivity index (χ3v) is 4.43. The summed E-state index contributed by atoms with van der Waals surface area (Å²) in [6.07, 6.45) is 0. The van der Waals surface area contributed by atoms with E-state index in [1.54, 1.807) is 25.9 Å². The van der Waals surface area contributed by atoms with Gasteiger partial charge in [-0.05, 0) is 13.0 Å². The molecule has 2 amide bonds. The molecule has 22 heavy (non-hydrogen) atoms. The Bertz CT molecular complexity index is 672. The molecular weight excluding hydrogens is 282 g/mol. The number of likely N-dealkylation sites (N-methyl/N-ethyl adjacent to an activating group) is 2. The molecule has 2 unspecified atom stereocenters. The van der Waals surface area contributed by atoms with Crippen LogP contribution in [0.4, 0.5) is 10.5 Å². The highest BCUT2D eigenvalue weighted by Crippen LogP contribution is 2.51. The van der Waals surface area contributed by atoms with Crippen molar-refractivity contribution >= 4 is 17.7 Å². The molecule has 6 heteroatoms. The van der Waals surface area contributed by atoms with Crippen molar-refractivity contribution in [3.63, 3.8) is 0 Å². The summed E-state index contributed by atoms with van der Waals surface area (Å²) < 4.78 is 5.29. The summed E-state index contributed by atoms with van der Waals surface area (Å²) in [5, 5.41) is 3.26. The molecule has 0 radical (unpaired) electrons. The number of amides is 2. The minimum absolute atomic E-state index is 0.201.